The Balaban J connectivity index is 2.18. The van der Waals surface area contributed by atoms with E-state index in [1.807, 2.05) is 6.07 Å². The summed E-state index contributed by atoms with van der Waals surface area (Å²) in [5.74, 6) is 0.332. The minimum absolute atomic E-state index is 0.349. The highest BCUT2D eigenvalue weighted by molar-refractivity contribution is 5.90. The Kier molecular flexibility index (Phi) is 3.52. The SMILES string of the molecule is COC(=O)c1ccc(NC2CCC2)c(OC)c1. The van der Waals surface area contributed by atoms with Gasteiger partial charge in [0.1, 0.15) is 5.75 Å². The normalized spacial score (nSPS) is 14.9. The molecule has 17 heavy (non-hydrogen) atoms. The molecule has 0 saturated heterocycles. The number of esters is 1. The number of rotatable bonds is 4. The number of carbonyl (C=O) groups excluding carboxylic acids is 1. The maximum Gasteiger partial charge on any atom is 0.337 e. The molecule has 1 saturated carbocycles. The van der Waals surface area contributed by atoms with Crippen molar-refractivity contribution in [1.82, 2.24) is 0 Å². The Morgan fingerprint density at radius 3 is 2.65 bits per heavy atom. The lowest BCUT2D eigenvalue weighted by atomic mass is 9.93. The van der Waals surface area contributed by atoms with Crippen LogP contribution in [0.5, 0.6) is 5.75 Å². The molecule has 4 nitrogen and oxygen atoms in total. The fourth-order valence-electron chi connectivity index (χ4n) is 1.83. The summed E-state index contributed by atoms with van der Waals surface area (Å²) in [6.45, 7) is 0. The van der Waals surface area contributed by atoms with E-state index in [9.17, 15) is 4.79 Å². The van der Waals surface area contributed by atoms with Crippen LogP contribution < -0.4 is 10.1 Å². The molecule has 1 aliphatic carbocycles. The summed E-state index contributed by atoms with van der Waals surface area (Å²) < 4.78 is 9.95. The van der Waals surface area contributed by atoms with E-state index < -0.39 is 0 Å². The molecule has 0 aromatic heterocycles. The number of anilines is 1. The van der Waals surface area contributed by atoms with E-state index in [1.54, 1.807) is 19.2 Å². The fraction of sp³-hybridized carbons (Fsp3) is 0.462. The summed E-state index contributed by atoms with van der Waals surface area (Å²) in [5, 5.41) is 3.40. The molecule has 1 aromatic carbocycles. The van der Waals surface area contributed by atoms with Gasteiger partial charge in [-0.25, -0.2) is 4.79 Å². The average molecular weight is 235 g/mol. The van der Waals surface area contributed by atoms with Crippen LogP contribution in [0.3, 0.4) is 0 Å². The molecule has 0 aliphatic heterocycles. The van der Waals surface area contributed by atoms with E-state index in [-0.39, 0.29) is 5.97 Å². The molecular weight excluding hydrogens is 218 g/mol. The topological polar surface area (TPSA) is 47.6 Å². The van der Waals surface area contributed by atoms with E-state index in [4.69, 9.17) is 4.74 Å². The summed E-state index contributed by atoms with van der Waals surface area (Å²) in [4.78, 5) is 11.4. The fourth-order valence-corrected chi connectivity index (χ4v) is 1.83. The smallest absolute Gasteiger partial charge is 0.337 e. The average Bonchev–Trinajstić information content (AvgIpc) is 2.32. The summed E-state index contributed by atoms with van der Waals surface area (Å²) in [5.41, 5.74) is 1.44. The van der Waals surface area contributed by atoms with Crippen molar-refractivity contribution >= 4 is 11.7 Å². The number of benzene rings is 1. The molecule has 1 fully saturated rings. The van der Waals surface area contributed by atoms with E-state index >= 15 is 0 Å². The van der Waals surface area contributed by atoms with Gasteiger partial charge in [0.2, 0.25) is 0 Å². The lowest BCUT2D eigenvalue weighted by Gasteiger charge is -2.28. The van der Waals surface area contributed by atoms with Crippen molar-refractivity contribution in [3.63, 3.8) is 0 Å². The third-order valence-electron chi connectivity index (χ3n) is 3.09. The number of hydrogen-bond acceptors (Lipinski definition) is 4. The predicted molar refractivity (Wildman–Crippen MR) is 65.6 cm³/mol. The Hall–Kier alpha value is -1.71. The molecule has 0 spiro atoms. The number of nitrogens with one attached hydrogen (secondary N) is 1. The Bertz CT molecular complexity index is 413. The molecule has 1 aromatic rings. The van der Waals surface area contributed by atoms with Crippen molar-refractivity contribution in [1.29, 1.82) is 0 Å². The minimum Gasteiger partial charge on any atom is -0.495 e. The van der Waals surface area contributed by atoms with Crippen LogP contribution in [0.4, 0.5) is 5.69 Å². The van der Waals surface area contributed by atoms with Gasteiger partial charge in [-0.15, -0.1) is 0 Å². The largest absolute Gasteiger partial charge is 0.495 e. The zero-order valence-electron chi connectivity index (χ0n) is 10.2. The van der Waals surface area contributed by atoms with Crippen molar-refractivity contribution in [2.45, 2.75) is 25.3 Å². The predicted octanol–water partition coefficient (Wildman–Crippen LogP) is 2.45. The van der Waals surface area contributed by atoms with Gasteiger partial charge in [0.25, 0.3) is 0 Å². The van der Waals surface area contributed by atoms with Gasteiger partial charge in [0, 0.05) is 6.04 Å². The van der Waals surface area contributed by atoms with Crippen LogP contribution in [0.1, 0.15) is 29.6 Å². The monoisotopic (exact) mass is 235 g/mol. The van der Waals surface area contributed by atoms with Crippen LogP contribution in [0.2, 0.25) is 0 Å². The van der Waals surface area contributed by atoms with Gasteiger partial charge in [-0.05, 0) is 37.5 Å². The van der Waals surface area contributed by atoms with Gasteiger partial charge >= 0.3 is 5.97 Å². The molecule has 0 unspecified atom stereocenters. The molecule has 0 atom stereocenters. The van der Waals surface area contributed by atoms with E-state index in [2.05, 4.69) is 10.1 Å². The maximum absolute atomic E-state index is 11.4. The summed E-state index contributed by atoms with van der Waals surface area (Å²) in [6.07, 6.45) is 3.67. The lowest BCUT2D eigenvalue weighted by molar-refractivity contribution is 0.0600. The zero-order chi connectivity index (χ0) is 12.3. The van der Waals surface area contributed by atoms with E-state index in [1.165, 1.54) is 26.4 Å². The maximum atomic E-state index is 11.4. The molecule has 1 aliphatic rings. The molecule has 0 radical (unpaired) electrons. The number of hydrogen-bond donors (Lipinski definition) is 1. The molecule has 0 heterocycles. The molecule has 0 bridgehead atoms. The second-order valence-corrected chi connectivity index (χ2v) is 4.18. The van der Waals surface area contributed by atoms with Crippen LogP contribution in [0.25, 0.3) is 0 Å². The van der Waals surface area contributed by atoms with Crippen molar-refractivity contribution in [3.8, 4) is 5.75 Å². The second kappa shape index (κ2) is 5.08. The molecule has 2 rings (SSSR count). The van der Waals surface area contributed by atoms with Crippen LogP contribution >= 0.6 is 0 Å². The molecule has 92 valence electrons. The van der Waals surface area contributed by atoms with Gasteiger partial charge in [-0.2, -0.15) is 0 Å². The minimum atomic E-state index is -0.349. The van der Waals surface area contributed by atoms with Crippen molar-refractivity contribution in [2.24, 2.45) is 0 Å². The molecule has 1 N–H and O–H groups in total. The molecule has 0 amide bonds. The summed E-state index contributed by atoms with van der Waals surface area (Å²) in [6, 6.07) is 5.85. The van der Waals surface area contributed by atoms with Crippen molar-refractivity contribution < 1.29 is 14.3 Å². The second-order valence-electron chi connectivity index (χ2n) is 4.18. The Labute approximate surface area is 101 Å². The van der Waals surface area contributed by atoms with Gasteiger partial charge < -0.3 is 14.8 Å². The van der Waals surface area contributed by atoms with E-state index in [0.29, 0.717) is 17.4 Å². The first-order valence-corrected chi connectivity index (χ1v) is 5.77. The van der Waals surface area contributed by atoms with E-state index in [0.717, 1.165) is 5.69 Å². The molecule has 4 heteroatoms. The van der Waals surface area contributed by atoms with Gasteiger partial charge in [0.15, 0.2) is 0 Å². The van der Waals surface area contributed by atoms with Crippen LogP contribution in [-0.2, 0) is 4.74 Å². The van der Waals surface area contributed by atoms with Crippen molar-refractivity contribution in [3.05, 3.63) is 23.8 Å². The van der Waals surface area contributed by atoms with Crippen LogP contribution in [0, 0.1) is 0 Å². The first-order valence-electron chi connectivity index (χ1n) is 5.77. The highest BCUT2D eigenvalue weighted by Gasteiger charge is 2.19. The van der Waals surface area contributed by atoms with Crippen molar-refractivity contribution in [2.75, 3.05) is 19.5 Å². The highest BCUT2D eigenvalue weighted by Crippen LogP contribution is 2.30. The third-order valence-corrected chi connectivity index (χ3v) is 3.09. The number of ether oxygens (including phenoxy) is 2. The number of carbonyl (C=O) groups is 1. The standard InChI is InChI=1S/C13H17NO3/c1-16-12-8-9(13(15)17-2)6-7-11(12)14-10-4-3-5-10/h6-8,10,14H,3-5H2,1-2H3. The quantitative estimate of drug-likeness (QED) is 0.814. The summed E-state index contributed by atoms with van der Waals surface area (Å²) in [7, 11) is 2.97. The number of methoxy groups -OCH3 is 2. The molecular formula is C13H17NO3. The Morgan fingerprint density at radius 1 is 1.35 bits per heavy atom. The van der Waals surface area contributed by atoms with Crippen LogP contribution in [-0.4, -0.2) is 26.2 Å². The first kappa shape index (κ1) is 11.8. The highest BCUT2D eigenvalue weighted by atomic mass is 16.5. The van der Waals surface area contributed by atoms with Gasteiger partial charge in [0.05, 0.1) is 25.5 Å². The lowest BCUT2D eigenvalue weighted by Crippen LogP contribution is -2.27. The van der Waals surface area contributed by atoms with Gasteiger partial charge in [-0.1, -0.05) is 0 Å². The van der Waals surface area contributed by atoms with Gasteiger partial charge in [-0.3, -0.25) is 0 Å². The third kappa shape index (κ3) is 2.52. The Morgan fingerprint density at radius 2 is 2.12 bits per heavy atom. The zero-order valence-corrected chi connectivity index (χ0v) is 10.2. The first-order chi connectivity index (χ1) is 8.24. The summed E-state index contributed by atoms with van der Waals surface area (Å²) >= 11 is 0. The van der Waals surface area contributed by atoms with Crippen LogP contribution in [0.15, 0.2) is 18.2 Å².